The monoisotopic (exact) mass is 243 g/mol. The lowest BCUT2D eigenvalue weighted by atomic mass is 9.63. The van der Waals surface area contributed by atoms with Gasteiger partial charge in [-0.15, -0.1) is 0 Å². The van der Waals surface area contributed by atoms with Crippen molar-refractivity contribution < 1.29 is 5.11 Å². The predicted molar refractivity (Wildman–Crippen MR) is 74.3 cm³/mol. The molecule has 0 bridgehead atoms. The van der Waals surface area contributed by atoms with Gasteiger partial charge in [0, 0.05) is 11.8 Å². The van der Waals surface area contributed by atoms with Crippen molar-refractivity contribution in [2.45, 2.75) is 45.1 Å². The number of aliphatic imine (C=N–C) groups is 1. The van der Waals surface area contributed by atoms with Crippen LogP contribution >= 0.6 is 0 Å². The molecular formula is C16H21NO. The van der Waals surface area contributed by atoms with Crippen LogP contribution in [0.25, 0.3) is 0 Å². The first-order valence-corrected chi connectivity index (χ1v) is 7.07. The number of phenolic OH excluding ortho intramolecular Hbond substituents is 1. The molecule has 0 heterocycles. The summed E-state index contributed by atoms with van der Waals surface area (Å²) in [4.78, 5) is 4.75. The molecule has 2 fully saturated rings. The molecule has 1 N–H and O–H groups in total. The van der Waals surface area contributed by atoms with Gasteiger partial charge in [0.2, 0.25) is 0 Å². The van der Waals surface area contributed by atoms with E-state index in [1.807, 2.05) is 31.3 Å². The number of phenols is 1. The first-order valence-electron chi connectivity index (χ1n) is 7.07. The summed E-state index contributed by atoms with van der Waals surface area (Å²) in [6, 6.07) is 6.34. The van der Waals surface area contributed by atoms with E-state index in [-0.39, 0.29) is 0 Å². The van der Waals surface area contributed by atoms with E-state index >= 15 is 0 Å². The van der Waals surface area contributed by atoms with Crippen LogP contribution in [0.4, 0.5) is 0 Å². The molecular weight excluding hydrogens is 222 g/mol. The van der Waals surface area contributed by atoms with Gasteiger partial charge in [0.1, 0.15) is 5.75 Å². The van der Waals surface area contributed by atoms with Gasteiger partial charge in [0.25, 0.3) is 0 Å². The Balaban J connectivity index is 1.75. The Hall–Kier alpha value is -1.31. The van der Waals surface area contributed by atoms with Crippen molar-refractivity contribution in [1.82, 2.24) is 0 Å². The van der Waals surface area contributed by atoms with Gasteiger partial charge in [0.05, 0.1) is 6.04 Å². The van der Waals surface area contributed by atoms with E-state index < -0.39 is 0 Å². The Morgan fingerprint density at radius 1 is 1.22 bits per heavy atom. The van der Waals surface area contributed by atoms with Gasteiger partial charge in [-0.3, -0.25) is 4.99 Å². The molecule has 0 aromatic heterocycles. The number of aryl methyl sites for hydroxylation is 1. The highest BCUT2D eigenvalue weighted by Crippen LogP contribution is 2.46. The second-order valence-electron chi connectivity index (χ2n) is 5.79. The van der Waals surface area contributed by atoms with Crippen molar-refractivity contribution >= 4 is 6.21 Å². The zero-order valence-corrected chi connectivity index (χ0v) is 11.0. The van der Waals surface area contributed by atoms with E-state index in [1.54, 1.807) is 0 Å². The number of benzene rings is 1. The Morgan fingerprint density at radius 2 is 2.11 bits per heavy atom. The first kappa shape index (κ1) is 11.8. The first-order chi connectivity index (χ1) is 8.75. The van der Waals surface area contributed by atoms with Gasteiger partial charge in [0.15, 0.2) is 0 Å². The number of hydrogen-bond acceptors (Lipinski definition) is 2. The van der Waals surface area contributed by atoms with Gasteiger partial charge in [-0.25, -0.2) is 0 Å². The molecule has 96 valence electrons. The fourth-order valence-electron chi connectivity index (χ4n) is 3.41. The molecule has 2 nitrogen and oxygen atoms in total. The molecule has 2 saturated carbocycles. The lowest BCUT2D eigenvalue weighted by Crippen LogP contribution is -2.38. The van der Waals surface area contributed by atoms with Crippen LogP contribution in [0, 0.1) is 18.8 Å². The number of fused-ring (bicyclic) bond motifs is 1. The Bertz CT molecular complexity index is 466. The lowest BCUT2D eigenvalue weighted by molar-refractivity contribution is 0.0939. The largest absolute Gasteiger partial charge is 0.507 e. The minimum absolute atomic E-state index is 0.377. The predicted octanol–water partition coefficient (Wildman–Crippen LogP) is 3.70. The summed E-state index contributed by atoms with van der Waals surface area (Å²) in [7, 11) is 0. The summed E-state index contributed by atoms with van der Waals surface area (Å²) in [5.41, 5.74) is 1.78. The van der Waals surface area contributed by atoms with E-state index in [1.165, 1.54) is 32.1 Å². The summed E-state index contributed by atoms with van der Waals surface area (Å²) >= 11 is 0. The lowest BCUT2D eigenvalue weighted by Gasteiger charge is -2.44. The van der Waals surface area contributed by atoms with Crippen molar-refractivity contribution in [3.63, 3.8) is 0 Å². The maximum atomic E-state index is 9.97. The highest BCUT2D eigenvalue weighted by atomic mass is 16.3. The van der Waals surface area contributed by atoms with Crippen LogP contribution in [-0.2, 0) is 0 Å². The highest BCUT2D eigenvalue weighted by molar-refractivity contribution is 5.84. The summed E-state index contributed by atoms with van der Waals surface area (Å²) in [5.74, 6) is 2.14. The third-order valence-corrected chi connectivity index (χ3v) is 4.72. The topological polar surface area (TPSA) is 32.6 Å². The fourth-order valence-corrected chi connectivity index (χ4v) is 3.41. The third kappa shape index (κ3) is 2.05. The number of para-hydroxylation sites is 1. The quantitative estimate of drug-likeness (QED) is 0.789. The van der Waals surface area contributed by atoms with E-state index in [4.69, 9.17) is 4.99 Å². The Morgan fingerprint density at radius 3 is 2.89 bits per heavy atom. The molecule has 3 atom stereocenters. The van der Waals surface area contributed by atoms with Crippen LogP contribution in [-0.4, -0.2) is 17.4 Å². The molecule has 0 saturated heterocycles. The molecule has 3 rings (SSSR count). The molecule has 0 spiro atoms. The molecule has 0 amide bonds. The molecule has 2 aliphatic carbocycles. The van der Waals surface area contributed by atoms with Crippen LogP contribution in [0.1, 0.15) is 43.2 Å². The van der Waals surface area contributed by atoms with Gasteiger partial charge in [-0.05, 0) is 49.7 Å². The van der Waals surface area contributed by atoms with Gasteiger partial charge in [-0.1, -0.05) is 25.0 Å². The molecule has 2 heteroatoms. The van der Waals surface area contributed by atoms with Crippen molar-refractivity contribution in [1.29, 1.82) is 0 Å². The van der Waals surface area contributed by atoms with E-state index in [2.05, 4.69) is 0 Å². The molecule has 18 heavy (non-hydrogen) atoms. The molecule has 0 radical (unpaired) electrons. The van der Waals surface area contributed by atoms with Crippen LogP contribution in [0.2, 0.25) is 0 Å². The van der Waals surface area contributed by atoms with Crippen molar-refractivity contribution in [3.8, 4) is 5.75 Å². The standard InChI is InChI=1S/C16H21NO/c1-11-4-2-6-13(16(11)18)10-17-15-7-3-5-12-8-9-14(12)15/h2,4,6,10,12,14-15,18H,3,5,7-9H2,1H3. The van der Waals surface area contributed by atoms with Crippen LogP contribution in [0.15, 0.2) is 23.2 Å². The zero-order chi connectivity index (χ0) is 12.5. The summed E-state index contributed by atoms with van der Waals surface area (Å²) in [5, 5.41) is 9.97. The molecule has 1 aromatic carbocycles. The minimum atomic E-state index is 0.377. The maximum absolute atomic E-state index is 9.97. The summed E-state index contributed by atoms with van der Waals surface area (Å²) in [6.45, 7) is 1.93. The zero-order valence-electron chi connectivity index (χ0n) is 11.0. The van der Waals surface area contributed by atoms with E-state index in [9.17, 15) is 5.11 Å². The third-order valence-electron chi connectivity index (χ3n) is 4.72. The average molecular weight is 243 g/mol. The van der Waals surface area contributed by atoms with Crippen molar-refractivity contribution in [2.75, 3.05) is 0 Å². The second-order valence-corrected chi connectivity index (χ2v) is 5.79. The summed E-state index contributed by atoms with van der Waals surface area (Å²) in [6.07, 6.45) is 8.60. The Kier molecular flexibility index (Phi) is 3.11. The highest BCUT2D eigenvalue weighted by Gasteiger charge is 2.39. The van der Waals surface area contributed by atoms with Crippen LogP contribution in [0.5, 0.6) is 5.75 Å². The van der Waals surface area contributed by atoms with Crippen LogP contribution in [0.3, 0.4) is 0 Å². The SMILES string of the molecule is Cc1cccc(C=NC2CCCC3CCC32)c1O. The molecule has 0 aliphatic heterocycles. The number of rotatable bonds is 2. The minimum Gasteiger partial charge on any atom is -0.507 e. The van der Waals surface area contributed by atoms with Crippen molar-refractivity contribution in [3.05, 3.63) is 29.3 Å². The van der Waals surface area contributed by atoms with Crippen molar-refractivity contribution in [2.24, 2.45) is 16.8 Å². The normalized spacial score (nSPS) is 31.1. The number of aromatic hydroxyl groups is 1. The van der Waals surface area contributed by atoms with Gasteiger partial charge in [-0.2, -0.15) is 0 Å². The number of nitrogens with zero attached hydrogens (tertiary/aromatic N) is 1. The average Bonchev–Trinajstić information content (AvgIpc) is 2.33. The van der Waals surface area contributed by atoms with Gasteiger partial charge < -0.3 is 5.11 Å². The molecule has 3 unspecified atom stereocenters. The molecule has 2 aliphatic rings. The smallest absolute Gasteiger partial charge is 0.127 e. The van der Waals surface area contributed by atoms with Crippen LogP contribution < -0.4 is 0 Å². The second kappa shape index (κ2) is 4.75. The van der Waals surface area contributed by atoms with E-state index in [0.29, 0.717) is 11.8 Å². The van der Waals surface area contributed by atoms with Gasteiger partial charge >= 0.3 is 0 Å². The Labute approximate surface area is 109 Å². The molecule has 1 aromatic rings. The maximum Gasteiger partial charge on any atom is 0.127 e. The summed E-state index contributed by atoms with van der Waals surface area (Å²) < 4.78 is 0. The number of hydrogen-bond donors (Lipinski definition) is 1. The fraction of sp³-hybridized carbons (Fsp3) is 0.562. The van der Waals surface area contributed by atoms with E-state index in [0.717, 1.165) is 23.0 Å².